The second-order valence-corrected chi connectivity index (χ2v) is 5.57. The number of aryl methyl sites for hydroxylation is 2. The maximum Gasteiger partial charge on any atom is 0.122 e. The maximum absolute atomic E-state index is 6.20. The number of nitrogens with one attached hydrogen (secondary N) is 1. The first-order chi connectivity index (χ1) is 8.70. The Bertz CT molecular complexity index is 400. The van der Waals surface area contributed by atoms with E-state index in [9.17, 15) is 0 Å². The lowest BCUT2D eigenvalue weighted by Gasteiger charge is -2.23. The Kier molecular flexibility index (Phi) is 4.90. The van der Waals surface area contributed by atoms with Gasteiger partial charge in [-0.2, -0.15) is 0 Å². The van der Waals surface area contributed by atoms with Crippen molar-refractivity contribution in [2.45, 2.75) is 32.6 Å². The van der Waals surface area contributed by atoms with Crippen LogP contribution in [-0.2, 0) is 6.42 Å². The van der Waals surface area contributed by atoms with Crippen LogP contribution in [0, 0.1) is 12.8 Å². The standard InChI is InChI=1S/C15H22ClNO/c1-11-8-15(18-2)13(9-14(11)16)6-5-12-4-3-7-17-10-12/h8-9,12,17H,3-7,10H2,1-2H3. The fourth-order valence-corrected chi connectivity index (χ4v) is 2.80. The molecule has 1 fully saturated rings. The zero-order valence-electron chi connectivity index (χ0n) is 11.3. The van der Waals surface area contributed by atoms with Gasteiger partial charge in [0.15, 0.2) is 0 Å². The molecule has 0 amide bonds. The highest BCUT2D eigenvalue weighted by Crippen LogP contribution is 2.29. The lowest BCUT2D eigenvalue weighted by molar-refractivity contribution is 0.354. The van der Waals surface area contributed by atoms with Gasteiger partial charge in [0.1, 0.15) is 5.75 Å². The molecular weight excluding hydrogens is 246 g/mol. The molecule has 0 aliphatic carbocycles. The molecule has 1 unspecified atom stereocenters. The first kappa shape index (κ1) is 13.7. The third-order valence-electron chi connectivity index (χ3n) is 3.78. The molecule has 2 nitrogen and oxygen atoms in total. The molecule has 0 spiro atoms. The molecule has 0 radical (unpaired) electrons. The van der Waals surface area contributed by atoms with Gasteiger partial charge in [-0.25, -0.2) is 0 Å². The second kappa shape index (κ2) is 6.44. The third-order valence-corrected chi connectivity index (χ3v) is 4.19. The topological polar surface area (TPSA) is 21.3 Å². The summed E-state index contributed by atoms with van der Waals surface area (Å²) in [6, 6.07) is 4.10. The number of hydrogen-bond acceptors (Lipinski definition) is 2. The smallest absolute Gasteiger partial charge is 0.122 e. The van der Waals surface area contributed by atoms with E-state index >= 15 is 0 Å². The summed E-state index contributed by atoms with van der Waals surface area (Å²) in [6.07, 6.45) is 4.91. The highest BCUT2D eigenvalue weighted by Gasteiger charge is 2.14. The van der Waals surface area contributed by atoms with E-state index in [1.165, 1.54) is 31.4 Å². The predicted octanol–water partition coefficient (Wildman–Crippen LogP) is 3.59. The van der Waals surface area contributed by atoms with Crippen LogP contribution >= 0.6 is 11.6 Å². The van der Waals surface area contributed by atoms with E-state index in [1.807, 2.05) is 13.0 Å². The van der Waals surface area contributed by atoms with Crippen LogP contribution in [0.25, 0.3) is 0 Å². The lowest BCUT2D eigenvalue weighted by Crippen LogP contribution is -2.29. The van der Waals surface area contributed by atoms with Crippen molar-refractivity contribution in [2.75, 3.05) is 20.2 Å². The fourth-order valence-electron chi connectivity index (χ4n) is 2.61. The van der Waals surface area contributed by atoms with E-state index in [4.69, 9.17) is 16.3 Å². The summed E-state index contributed by atoms with van der Waals surface area (Å²) in [4.78, 5) is 0. The molecule has 1 aromatic rings. The molecular formula is C15H22ClNO. The van der Waals surface area contributed by atoms with Crippen LogP contribution in [0.15, 0.2) is 12.1 Å². The van der Waals surface area contributed by atoms with Gasteiger partial charge < -0.3 is 10.1 Å². The third kappa shape index (κ3) is 3.39. The number of rotatable bonds is 4. The van der Waals surface area contributed by atoms with Gasteiger partial charge in [0.05, 0.1) is 7.11 Å². The van der Waals surface area contributed by atoms with Crippen molar-refractivity contribution in [3.8, 4) is 5.75 Å². The molecule has 1 atom stereocenters. The molecule has 3 heteroatoms. The van der Waals surface area contributed by atoms with Crippen molar-refractivity contribution in [1.29, 1.82) is 0 Å². The van der Waals surface area contributed by atoms with E-state index < -0.39 is 0 Å². The van der Waals surface area contributed by atoms with Gasteiger partial charge in [-0.1, -0.05) is 11.6 Å². The molecule has 1 aliphatic rings. The Labute approximate surface area is 115 Å². The van der Waals surface area contributed by atoms with Gasteiger partial charge in [0.2, 0.25) is 0 Å². The zero-order valence-corrected chi connectivity index (χ0v) is 12.0. The van der Waals surface area contributed by atoms with Crippen molar-refractivity contribution >= 4 is 11.6 Å². The van der Waals surface area contributed by atoms with Crippen molar-refractivity contribution in [3.05, 3.63) is 28.3 Å². The van der Waals surface area contributed by atoms with E-state index in [1.54, 1.807) is 7.11 Å². The summed E-state index contributed by atoms with van der Waals surface area (Å²) < 4.78 is 5.45. The number of hydrogen-bond donors (Lipinski definition) is 1. The van der Waals surface area contributed by atoms with Gasteiger partial charge in [0.25, 0.3) is 0 Å². The molecule has 1 heterocycles. The van der Waals surface area contributed by atoms with E-state index in [2.05, 4.69) is 11.4 Å². The minimum Gasteiger partial charge on any atom is -0.496 e. The highest BCUT2D eigenvalue weighted by atomic mass is 35.5. The number of halogens is 1. The van der Waals surface area contributed by atoms with Gasteiger partial charge >= 0.3 is 0 Å². The lowest BCUT2D eigenvalue weighted by atomic mass is 9.92. The van der Waals surface area contributed by atoms with Gasteiger partial charge in [0, 0.05) is 5.02 Å². The molecule has 1 aromatic carbocycles. The van der Waals surface area contributed by atoms with Crippen LogP contribution in [-0.4, -0.2) is 20.2 Å². The second-order valence-electron chi connectivity index (χ2n) is 5.16. The quantitative estimate of drug-likeness (QED) is 0.900. The average molecular weight is 268 g/mol. The van der Waals surface area contributed by atoms with Gasteiger partial charge in [-0.3, -0.25) is 0 Å². The maximum atomic E-state index is 6.20. The van der Waals surface area contributed by atoms with Crippen LogP contribution in [0.4, 0.5) is 0 Å². The molecule has 18 heavy (non-hydrogen) atoms. The van der Waals surface area contributed by atoms with E-state index in [-0.39, 0.29) is 0 Å². The average Bonchev–Trinajstić information content (AvgIpc) is 2.41. The highest BCUT2D eigenvalue weighted by molar-refractivity contribution is 6.31. The zero-order chi connectivity index (χ0) is 13.0. The largest absolute Gasteiger partial charge is 0.496 e. The van der Waals surface area contributed by atoms with Crippen molar-refractivity contribution in [2.24, 2.45) is 5.92 Å². The van der Waals surface area contributed by atoms with E-state index in [0.29, 0.717) is 0 Å². The van der Waals surface area contributed by atoms with Crippen LogP contribution in [0.2, 0.25) is 5.02 Å². The Morgan fingerprint density at radius 2 is 2.28 bits per heavy atom. The van der Waals surface area contributed by atoms with Crippen LogP contribution in [0.1, 0.15) is 30.4 Å². The molecule has 1 N–H and O–H groups in total. The first-order valence-corrected chi connectivity index (χ1v) is 7.12. The molecule has 100 valence electrons. The summed E-state index contributed by atoms with van der Waals surface area (Å²) in [5.74, 6) is 1.77. The molecule has 1 aliphatic heterocycles. The van der Waals surface area contributed by atoms with Crippen molar-refractivity contribution in [1.82, 2.24) is 5.32 Å². The summed E-state index contributed by atoms with van der Waals surface area (Å²) >= 11 is 6.20. The summed E-state index contributed by atoms with van der Waals surface area (Å²) in [5.41, 5.74) is 2.32. The van der Waals surface area contributed by atoms with Crippen LogP contribution < -0.4 is 10.1 Å². The Morgan fingerprint density at radius 3 is 2.94 bits per heavy atom. The summed E-state index contributed by atoms with van der Waals surface area (Å²) in [5, 5.41) is 4.30. The number of piperidine rings is 1. The van der Waals surface area contributed by atoms with Crippen molar-refractivity contribution < 1.29 is 4.74 Å². The SMILES string of the molecule is COc1cc(C)c(Cl)cc1CCC1CCCNC1. The number of ether oxygens (including phenoxy) is 1. The van der Waals surface area contributed by atoms with Crippen molar-refractivity contribution in [3.63, 3.8) is 0 Å². The molecule has 0 aromatic heterocycles. The Balaban J connectivity index is 2.01. The van der Waals surface area contributed by atoms with Crippen LogP contribution in [0.5, 0.6) is 5.75 Å². The van der Waals surface area contributed by atoms with Gasteiger partial charge in [-0.05, 0) is 74.9 Å². The molecule has 1 saturated heterocycles. The van der Waals surface area contributed by atoms with E-state index in [0.717, 1.165) is 35.2 Å². The fraction of sp³-hybridized carbons (Fsp3) is 0.600. The minimum absolute atomic E-state index is 0.795. The van der Waals surface area contributed by atoms with Crippen LogP contribution in [0.3, 0.4) is 0 Å². The number of methoxy groups -OCH3 is 1. The first-order valence-electron chi connectivity index (χ1n) is 6.74. The molecule has 2 rings (SSSR count). The number of benzene rings is 1. The summed E-state index contributed by atoms with van der Waals surface area (Å²) in [7, 11) is 1.73. The Hall–Kier alpha value is -0.730. The molecule has 0 bridgehead atoms. The normalized spacial score (nSPS) is 19.8. The minimum atomic E-state index is 0.795. The molecule has 0 saturated carbocycles. The summed E-state index contributed by atoms with van der Waals surface area (Å²) in [6.45, 7) is 4.35. The Morgan fingerprint density at radius 1 is 1.44 bits per heavy atom. The predicted molar refractivity (Wildman–Crippen MR) is 76.7 cm³/mol. The van der Waals surface area contributed by atoms with Gasteiger partial charge in [-0.15, -0.1) is 0 Å². The monoisotopic (exact) mass is 267 g/mol.